The summed E-state index contributed by atoms with van der Waals surface area (Å²) in [5, 5.41) is 9.40. The van der Waals surface area contributed by atoms with Crippen LogP contribution in [0.5, 0.6) is 0 Å². The van der Waals surface area contributed by atoms with Gasteiger partial charge in [-0.25, -0.2) is 0 Å². The Morgan fingerprint density at radius 2 is 1.74 bits per heavy atom. The van der Waals surface area contributed by atoms with Gasteiger partial charge in [-0.1, -0.05) is 24.3 Å². The molecule has 0 atom stereocenters. The normalized spacial score (nSPS) is 9.96. The number of ether oxygens (including phenoxy) is 1. The number of rotatable bonds is 6. The second-order valence-electron chi connectivity index (χ2n) is 4.77. The zero-order valence-electron chi connectivity index (χ0n) is 12.8. The lowest BCUT2D eigenvalue weighted by Crippen LogP contribution is -2.27. The molecule has 6 heteroatoms. The Labute approximate surface area is 141 Å². The Bertz CT molecular complexity index is 662. The number of thiocarbonyl (C=S) groups is 1. The third kappa shape index (κ3) is 5.69. The Morgan fingerprint density at radius 3 is 2.48 bits per heavy atom. The first-order valence-corrected chi connectivity index (χ1v) is 7.60. The van der Waals surface area contributed by atoms with E-state index in [4.69, 9.17) is 17.0 Å². The van der Waals surface area contributed by atoms with Gasteiger partial charge < -0.3 is 20.7 Å². The number of para-hydroxylation sites is 1. The minimum Gasteiger partial charge on any atom is -0.383 e. The molecule has 23 heavy (non-hydrogen) atoms. The maximum Gasteiger partial charge on any atom is 0.251 e. The Balaban J connectivity index is 1.94. The van der Waals surface area contributed by atoms with Gasteiger partial charge in [0.15, 0.2) is 5.11 Å². The summed E-state index contributed by atoms with van der Waals surface area (Å²) in [6.45, 7) is 0.954. The highest BCUT2D eigenvalue weighted by atomic mass is 32.1. The molecule has 2 aromatic rings. The first-order valence-electron chi connectivity index (χ1n) is 7.19. The molecular formula is C17H19N3O2S. The summed E-state index contributed by atoms with van der Waals surface area (Å²) < 4.78 is 4.91. The number of hydrogen-bond acceptors (Lipinski definition) is 3. The van der Waals surface area contributed by atoms with Crippen molar-refractivity contribution < 1.29 is 9.53 Å². The molecule has 1 amide bonds. The van der Waals surface area contributed by atoms with Crippen LogP contribution in [0.2, 0.25) is 0 Å². The molecule has 0 saturated carbocycles. The van der Waals surface area contributed by atoms with Gasteiger partial charge in [0.25, 0.3) is 5.91 Å². The van der Waals surface area contributed by atoms with Crippen molar-refractivity contribution in [1.29, 1.82) is 0 Å². The second kappa shape index (κ2) is 8.87. The van der Waals surface area contributed by atoms with Crippen molar-refractivity contribution in [3.05, 3.63) is 60.2 Å². The van der Waals surface area contributed by atoms with Crippen molar-refractivity contribution in [3.63, 3.8) is 0 Å². The zero-order valence-corrected chi connectivity index (χ0v) is 13.7. The van der Waals surface area contributed by atoms with E-state index in [9.17, 15) is 4.79 Å². The van der Waals surface area contributed by atoms with E-state index >= 15 is 0 Å². The molecule has 0 aliphatic rings. The average Bonchev–Trinajstić information content (AvgIpc) is 2.56. The van der Waals surface area contributed by atoms with E-state index in [0.29, 0.717) is 23.8 Å². The third-order valence-electron chi connectivity index (χ3n) is 3.01. The monoisotopic (exact) mass is 329 g/mol. The first-order chi connectivity index (χ1) is 11.2. The molecule has 0 radical (unpaired) electrons. The van der Waals surface area contributed by atoms with Gasteiger partial charge in [-0.15, -0.1) is 0 Å². The molecule has 0 bridgehead atoms. The molecule has 5 nitrogen and oxygen atoms in total. The van der Waals surface area contributed by atoms with Gasteiger partial charge in [0.2, 0.25) is 0 Å². The van der Waals surface area contributed by atoms with E-state index in [1.54, 1.807) is 25.3 Å². The van der Waals surface area contributed by atoms with Gasteiger partial charge in [0.1, 0.15) is 0 Å². The first kappa shape index (κ1) is 16.9. The van der Waals surface area contributed by atoms with Crippen molar-refractivity contribution in [1.82, 2.24) is 5.32 Å². The van der Waals surface area contributed by atoms with Crippen LogP contribution in [-0.2, 0) is 4.74 Å². The Kier molecular flexibility index (Phi) is 6.53. The number of benzene rings is 2. The average molecular weight is 329 g/mol. The van der Waals surface area contributed by atoms with Gasteiger partial charge in [0.05, 0.1) is 6.61 Å². The fourth-order valence-corrected chi connectivity index (χ4v) is 2.16. The van der Waals surface area contributed by atoms with Crippen molar-refractivity contribution in [2.24, 2.45) is 0 Å². The maximum atomic E-state index is 12.0. The van der Waals surface area contributed by atoms with E-state index < -0.39 is 0 Å². The highest BCUT2D eigenvalue weighted by Crippen LogP contribution is 2.12. The van der Waals surface area contributed by atoms with E-state index in [1.165, 1.54) is 0 Å². The number of carbonyl (C=O) groups is 1. The highest BCUT2D eigenvalue weighted by Gasteiger charge is 2.06. The van der Waals surface area contributed by atoms with Crippen molar-refractivity contribution >= 4 is 34.6 Å². The van der Waals surface area contributed by atoms with E-state index in [1.807, 2.05) is 36.4 Å². The molecule has 0 aromatic heterocycles. The number of anilines is 2. The topological polar surface area (TPSA) is 62.4 Å². The van der Waals surface area contributed by atoms with Crippen LogP contribution >= 0.6 is 12.2 Å². The smallest absolute Gasteiger partial charge is 0.251 e. The summed E-state index contributed by atoms with van der Waals surface area (Å²) in [4.78, 5) is 12.0. The number of hydrogen-bond donors (Lipinski definition) is 3. The van der Waals surface area contributed by atoms with Crippen molar-refractivity contribution in [2.75, 3.05) is 30.9 Å². The van der Waals surface area contributed by atoms with Crippen LogP contribution in [0.4, 0.5) is 11.4 Å². The van der Waals surface area contributed by atoms with Crippen LogP contribution in [0, 0.1) is 0 Å². The highest BCUT2D eigenvalue weighted by molar-refractivity contribution is 7.80. The summed E-state index contributed by atoms with van der Waals surface area (Å²) in [5.41, 5.74) is 2.21. The predicted octanol–water partition coefficient (Wildman–Crippen LogP) is 2.87. The standard InChI is InChI=1S/C17H19N3O2S/c1-22-11-10-18-16(21)13-6-5-9-15(12-13)20-17(23)19-14-7-3-2-4-8-14/h2-9,12H,10-11H2,1H3,(H,18,21)(H2,19,20,23). The Hall–Kier alpha value is -2.44. The molecule has 0 spiro atoms. The maximum absolute atomic E-state index is 12.0. The van der Waals surface area contributed by atoms with Crippen LogP contribution in [0.3, 0.4) is 0 Å². The fraction of sp³-hybridized carbons (Fsp3) is 0.176. The lowest BCUT2D eigenvalue weighted by molar-refractivity contribution is 0.0937. The quantitative estimate of drug-likeness (QED) is 0.562. The van der Waals surface area contributed by atoms with Crippen LogP contribution < -0.4 is 16.0 Å². The summed E-state index contributed by atoms with van der Waals surface area (Å²) >= 11 is 5.27. The summed E-state index contributed by atoms with van der Waals surface area (Å²) in [5.74, 6) is -0.146. The molecular weight excluding hydrogens is 310 g/mol. The van der Waals surface area contributed by atoms with E-state index in [2.05, 4.69) is 16.0 Å². The Morgan fingerprint density at radius 1 is 1.04 bits per heavy atom. The van der Waals surface area contributed by atoms with Crippen LogP contribution in [0.1, 0.15) is 10.4 Å². The van der Waals surface area contributed by atoms with Crippen LogP contribution in [-0.4, -0.2) is 31.3 Å². The number of amides is 1. The van der Waals surface area contributed by atoms with Crippen LogP contribution in [0.15, 0.2) is 54.6 Å². The number of nitrogens with one attached hydrogen (secondary N) is 3. The molecule has 0 saturated heterocycles. The van der Waals surface area contributed by atoms with Gasteiger partial charge in [-0.2, -0.15) is 0 Å². The fourth-order valence-electron chi connectivity index (χ4n) is 1.92. The minimum atomic E-state index is -0.146. The molecule has 0 aliphatic carbocycles. The van der Waals surface area contributed by atoms with Gasteiger partial charge in [-0.3, -0.25) is 4.79 Å². The zero-order chi connectivity index (χ0) is 16.5. The molecule has 0 heterocycles. The van der Waals surface area contributed by atoms with Crippen LogP contribution in [0.25, 0.3) is 0 Å². The second-order valence-corrected chi connectivity index (χ2v) is 5.18. The summed E-state index contributed by atoms with van der Waals surface area (Å²) in [6.07, 6.45) is 0. The molecule has 0 aliphatic heterocycles. The van der Waals surface area contributed by atoms with Gasteiger partial charge in [-0.05, 0) is 42.5 Å². The molecule has 2 rings (SSSR count). The molecule has 0 fully saturated rings. The lowest BCUT2D eigenvalue weighted by atomic mass is 10.2. The molecule has 120 valence electrons. The van der Waals surface area contributed by atoms with Crippen molar-refractivity contribution in [2.45, 2.75) is 0 Å². The molecule has 3 N–H and O–H groups in total. The third-order valence-corrected chi connectivity index (χ3v) is 3.21. The van der Waals surface area contributed by atoms with Crippen molar-refractivity contribution in [3.8, 4) is 0 Å². The summed E-state index contributed by atoms with van der Waals surface area (Å²) in [7, 11) is 1.59. The predicted molar refractivity (Wildman–Crippen MR) is 96.9 cm³/mol. The number of carbonyl (C=O) groups excluding carboxylic acids is 1. The molecule has 0 unspecified atom stereocenters. The number of methoxy groups -OCH3 is 1. The minimum absolute atomic E-state index is 0.146. The van der Waals surface area contributed by atoms with E-state index in [-0.39, 0.29) is 5.91 Å². The van der Waals surface area contributed by atoms with Gasteiger partial charge in [0, 0.05) is 30.6 Å². The van der Waals surface area contributed by atoms with Gasteiger partial charge >= 0.3 is 0 Å². The molecule has 2 aromatic carbocycles. The largest absolute Gasteiger partial charge is 0.383 e. The summed E-state index contributed by atoms with van der Waals surface area (Å²) in [6, 6.07) is 16.8. The van der Waals surface area contributed by atoms with E-state index in [0.717, 1.165) is 11.4 Å². The SMILES string of the molecule is COCCNC(=O)c1cccc(NC(=S)Nc2ccccc2)c1. The lowest BCUT2D eigenvalue weighted by Gasteiger charge is -2.11.